The third kappa shape index (κ3) is 2.11. The summed E-state index contributed by atoms with van der Waals surface area (Å²) < 4.78 is 13.6. The van der Waals surface area contributed by atoms with E-state index in [9.17, 15) is 4.39 Å². The van der Waals surface area contributed by atoms with Gasteiger partial charge in [0, 0.05) is 17.6 Å². The molecule has 120 valence electrons. The summed E-state index contributed by atoms with van der Waals surface area (Å²) in [5.41, 5.74) is 3.05. The molecule has 2 aromatic carbocycles. The molecule has 1 N–H and O–H groups in total. The average Bonchev–Trinajstić information content (AvgIpc) is 2.59. The van der Waals surface area contributed by atoms with E-state index in [2.05, 4.69) is 34.6 Å². The smallest absolute Gasteiger partial charge is 0.134 e. The highest BCUT2D eigenvalue weighted by Crippen LogP contribution is 2.50. The van der Waals surface area contributed by atoms with Crippen molar-refractivity contribution in [3.8, 4) is 0 Å². The lowest BCUT2D eigenvalue weighted by atomic mass is 9.60. The quantitative estimate of drug-likeness (QED) is 0.726. The van der Waals surface area contributed by atoms with Gasteiger partial charge in [0.2, 0.25) is 0 Å². The summed E-state index contributed by atoms with van der Waals surface area (Å²) in [6.45, 7) is 0. The van der Waals surface area contributed by atoms with E-state index in [0.29, 0.717) is 17.9 Å². The van der Waals surface area contributed by atoms with Crippen LogP contribution in [0, 0.1) is 11.7 Å². The van der Waals surface area contributed by atoms with Crippen molar-refractivity contribution in [1.82, 2.24) is 4.98 Å². The highest BCUT2D eigenvalue weighted by Gasteiger charge is 2.44. The molecule has 0 saturated heterocycles. The van der Waals surface area contributed by atoms with Crippen molar-refractivity contribution in [2.45, 2.75) is 31.2 Å². The molecule has 0 aliphatic heterocycles. The molecule has 5 rings (SSSR count). The number of anilines is 1. The number of nitrogens with one attached hydrogen (secondary N) is 1. The third-order valence-electron chi connectivity index (χ3n) is 5.79. The summed E-state index contributed by atoms with van der Waals surface area (Å²) in [5, 5.41) is 5.50. The van der Waals surface area contributed by atoms with Crippen LogP contribution in [0.2, 0.25) is 0 Å². The minimum Gasteiger partial charge on any atom is -0.367 e. The van der Waals surface area contributed by atoms with E-state index in [0.717, 1.165) is 29.4 Å². The van der Waals surface area contributed by atoms with Crippen LogP contribution in [0.25, 0.3) is 10.8 Å². The molecule has 3 aromatic rings. The molecule has 24 heavy (non-hydrogen) atoms. The maximum atomic E-state index is 13.6. The van der Waals surface area contributed by atoms with E-state index in [1.807, 2.05) is 12.1 Å². The minimum absolute atomic E-state index is 0.211. The van der Waals surface area contributed by atoms with E-state index in [1.165, 1.54) is 23.6 Å². The molecule has 3 atom stereocenters. The summed E-state index contributed by atoms with van der Waals surface area (Å²) in [6.07, 6.45) is 5.32. The first-order valence-electron chi connectivity index (χ1n) is 8.68. The number of hydrogen-bond acceptors (Lipinski definition) is 2. The maximum Gasteiger partial charge on any atom is 0.134 e. The van der Waals surface area contributed by atoms with Crippen LogP contribution < -0.4 is 5.32 Å². The molecule has 1 fully saturated rings. The van der Waals surface area contributed by atoms with Gasteiger partial charge in [-0.2, -0.15) is 0 Å². The summed E-state index contributed by atoms with van der Waals surface area (Å²) in [6, 6.07) is 16.1. The van der Waals surface area contributed by atoms with Gasteiger partial charge in [-0.15, -0.1) is 0 Å². The van der Waals surface area contributed by atoms with Gasteiger partial charge in [0.25, 0.3) is 0 Å². The Balaban J connectivity index is 1.42. The van der Waals surface area contributed by atoms with Gasteiger partial charge in [-0.3, -0.25) is 0 Å². The van der Waals surface area contributed by atoms with Crippen molar-refractivity contribution >= 4 is 16.6 Å². The first kappa shape index (κ1) is 14.0. The fourth-order valence-corrected chi connectivity index (χ4v) is 4.51. The van der Waals surface area contributed by atoms with Gasteiger partial charge in [0.1, 0.15) is 11.6 Å². The van der Waals surface area contributed by atoms with Crippen molar-refractivity contribution in [3.05, 3.63) is 71.7 Å². The zero-order valence-electron chi connectivity index (χ0n) is 13.4. The van der Waals surface area contributed by atoms with Crippen molar-refractivity contribution in [3.63, 3.8) is 0 Å². The largest absolute Gasteiger partial charge is 0.367 e. The van der Waals surface area contributed by atoms with Crippen molar-refractivity contribution in [1.29, 1.82) is 0 Å². The number of aromatic nitrogens is 1. The Morgan fingerprint density at radius 1 is 1.08 bits per heavy atom. The van der Waals surface area contributed by atoms with Crippen LogP contribution in [0.15, 0.2) is 54.7 Å². The Hall–Kier alpha value is -2.42. The Kier molecular flexibility index (Phi) is 3.09. The molecule has 2 aliphatic rings. The minimum atomic E-state index is -0.211. The normalized spacial score (nSPS) is 24.8. The molecule has 3 heteroatoms. The van der Waals surface area contributed by atoms with Crippen LogP contribution >= 0.6 is 0 Å². The molecular weight excluding hydrogens is 299 g/mol. The average molecular weight is 318 g/mol. The topological polar surface area (TPSA) is 24.9 Å². The molecule has 1 heterocycles. The Morgan fingerprint density at radius 3 is 2.96 bits per heavy atom. The first-order valence-corrected chi connectivity index (χ1v) is 8.68. The number of nitrogens with zero attached hydrogens (tertiary/aromatic N) is 1. The standard InChI is InChI=1S/C21H19FN2/c22-15-7-5-14-9-10-23-21(18(14)11-15)24-20-12-19-16-4-2-1-3-13(16)6-8-17(19)20/h1-5,7,9-11,17,19-20H,6,8,12H2,(H,23,24). The van der Waals surface area contributed by atoms with Crippen LogP contribution in [0.4, 0.5) is 10.2 Å². The molecule has 2 aliphatic carbocycles. The lowest BCUT2D eigenvalue weighted by Crippen LogP contribution is -2.47. The summed E-state index contributed by atoms with van der Waals surface area (Å²) in [4.78, 5) is 4.47. The van der Waals surface area contributed by atoms with Crippen LogP contribution in [0.3, 0.4) is 0 Å². The second-order valence-corrected chi connectivity index (χ2v) is 7.02. The monoisotopic (exact) mass is 318 g/mol. The molecule has 1 aromatic heterocycles. The lowest BCUT2D eigenvalue weighted by Gasteiger charge is -2.49. The number of aryl methyl sites for hydroxylation is 1. The molecule has 0 bridgehead atoms. The first-order chi connectivity index (χ1) is 11.8. The molecule has 3 unspecified atom stereocenters. The SMILES string of the molecule is Fc1ccc2ccnc(NC3CC4c5ccccc5CCC34)c2c1. The number of benzene rings is 2. The Morgan fingerprint density at radius 2 is 2.00 bits per heavy atom. The second-order valence-electron chi connectivity index (χ2n) is 7.02. The maximum absolute atomic E-state index is 13.6. The lowest BCUT2D eigenvalue weighted by molar-refractivity contribution is 0.194. The van der Waals surface area contributed by atoms with Crippen molar-refractivity contribution < 1.29 is 4.39 Å². The number of hydrogen-bond donors (Lipinski definition) is 1. The Labute approximate surface area is 140 Å². The predicted octanol–water partition coefficient (Wildman–Crippen LogP) is 4.90. The zero-order valence-corrected chi connectivity index (χ0v) is 13.4. The van der Waals surface area contributed by atoms with Crippen LogP contribution in [-0.4, -0.2) is 11.0 Å². The Bertz CT molecular complexity index is 921. The van der Waals surface area contributed by atoms with Gasteiger partial charge < -0.3 is 5.32 Å². The number of fused-ring (bicyclic) bond motifs is 4. The van der Waals surface area contributed by atoms with Gasteiger partial charge in [-0.05, 0) is 65.8 Å². The van der Waals surface area contributed by atoms with E-state index < -0.39 is 0 Å². The molecule has 0 radical (unpaired) electrons. The van der Waals surface area contributed by atoms with Crippen molar-refractivity contribution in [2.75, 3.05) is 5.32 Å². The predicted molar refractivity (Wildman–Crippen MR) is 94.7 cm³/mol. The number of rotatable bonds is 2. The zero-order chi connectivity index (χ0) is 16.1. The van der Waals surface area contributed by atoms with E-state index in [-0.39, 0.29) is 5.82 Å². The third-order valence-corrected chi connectivity index (χ3v) is 5.79. The van der Waals surface area contributed by atoms with Crippen LogP contribution in [0.5, 0.6) is 0 Å². The molecule has 0 amide bonds. The fraction of sp³-hybridized carbons (Fsp3) is 0.286. The van der Waals surface area contributed by atoms with Crippen LogP contribution in [-0.2, 0) is 6.42 Å². The highest BCUT2D eigenvalue weighted by molar-refractivity contribution is 5.91. The van der Waals surface area contributed by atoms with Crippen molar-refractivity contribution in [2.24, 2.45) is 5.92 Å². The summed E-state index contributed by atoms with van der Waals surface area (Å²) in [7, 11) is 0. The van der Waals surface area contributed by atoms with E-state index in [4.69, 9.17) is 0 Å². The van der Waals surface area contributed by atoms with Gasteiger partial charge in [-0.25, -0.2) is 9.37 Å². The molecular formula is C21H19FN2. The summed E-state index contributed by atoms with van der Waals surface area (Å²) in [5.74, 6) is 1.93. The fourth-order valence-electron chi connectivity index (χ4n) is 4.51. The van der Waals surface area contributed by atoms with Gasteiger partial charge in [-0.1, -0.05) is 30.3 Å². The van der Waals surface area contributed by atoms with Gasteiger partial charge in [0.15, 0.2) is 0 Å². The van der Waals surface area contributed by atoms with E-state index in [1.54, 1.807) is 12.3 Å². The van der Waals surface area contributed by atoms with E-state index >= 15 is 0 Å². The molecule has 0 spiro atoms. The van der Waals surface area contributed by atoms with Gasteiger partial charge >= 0.3 is 0 Å². The second kappa shape index (κ2) is 5.30. The highest BCUT2D eigenvalue weighted by atomic mass is 19.1. The van der Waals surface area contributed by atoms with Crippen LogP contribution in [0.1, 0.15) is 29.9 Å². The number of pyridine rings is 1. The summed E-state index contributed by atoms with van der Waals surface area (Å²) >= 11 is 0. The molecule has 1 saturated carbocycles. The molecule has 2 nitrogen and oxygen atoms in total. The number of halogens is 1. The van der Waals surface area contributed by atoms with Gasteiger partial charge in [0.05, 0.1) is 0 Å².